The molecule has 1 aromatic carbocycles. The molecule has 56 heavy (non-hydrogen) atoms. The van der Waals surface area contributed by atoms with Crippen molar-refractivity contribution in [3.8, 4) is 11.6 Å². The normalized spacial score (nSPS) is 33.3. The van der Waals surface area contributed by atoms with Crippen LogP contribution in [0, 0.1) is 11.8 Å². The number of allylic oxidation sites excluding steroid dienone is 1. The SMILES string of the molecule is COc1ccc2nc3c(nc2c1)O[C@@H]1C[C@H]2C(=O)N[C@]4(C(=O)NS(=O)(=O)C5CC5)C[C@H]4/C=C\CCCCC[C@H](NC(=O)O[C@]4(C)C[C@H]4CCCCC3)C(=O)N2C1. The predicted octanol–water partition coefficient (Wildman–Crippen LogP) is 3.98. The van der Waals surface area contributed by atoms with E-state index in [1.165, 1.54) is 4.90 Å². The Bertz CT molecular complexity index is 2040. The van der Waals surface area contributed by atoms with Crippen LogP contribution in [0.4, 0.5) is 4.79 Å². The second kappa shape index (κ2) is 15.1. The van der Waals surface area contributed by atoms with Crippen LogP contribution in [-0.4, -0.2) is 95.3 Å². The fourth-order valence-electron chi connectivity index (χ4n) is 8.65. The van der Waals surface area contributed by atoms with Crippen LogP contribution in [0.15, 0.2) is 30.4 Å². The number of nitrogens with zero attached hydrogens (tertiary/aromatic N) is 3. The summed E-state index contributed by atoms with van der Waals surface area (Å²) < 4.78 is 46.0. The molecular formula is C40H52N6O9S. The molecule has 3 saturated carbocycles. The van der Waals surface area contributed by atoms with Gasteiger partial charge in [0.25, 0.3) is 5.91 Å². The fraction of sp³-hybridized carbons (Fsp3) is 0.650. The maximum atomic E-state index is 14.7. The number of aryl methyl sites for hydroxylation is 1. The molecule has 4 amide bonds. The molecule has 0 unspecified atom stereocenters. The van der Waals surface area contributed by atoms with Crippen LogP contribution >= 0.6 is 0 Å². The Morgan fingerprint density at radius 3 is 2.61 bits per heavy atom. The largest absolute Gasteiger partial charge is 0.497 e. The minimum Gasteiger partial charge on any atom is -0.497 e. The maximum absolute atomic E-state index is 14.7. The van der Waals surface area contributed by atoms with Gasteiger partial charge < -0.3 is 29.7 Å². The minimum atomic E-state index is -3.89. The number of alkyl carbamates (subject to hydrolysis) is 1. The average molecular weight is 793 g/mol. The van der Waals surface area contributed by atoms with Gasteiger partial charge in [0.2, 0.25) is 27.7 Å². The van der Waals surface area contributed by atoms with E-state index >= 15 is 0 Å². The Hall–Kier alpha value is -4.47. The molecule has 3 N–H and O–H groups in total. The van der Waals surface area contributed by atoms with Crippen molar-refractivity contribution in [3.05, 3.63) is 36.0 Å². The number of aromatic nitrogens is 2. The van der Waals surface area contributed by atoms with Crippen molar-refractivity contribution in [2.75, 3.05) is 13.7 Å². The van der Waals surface area contributed by atoms with Crippen molar-refractivity contribution in [3.63, 3.8) is 0 Å². The van der Waals surface area contributed by atoms with Crippen LogP contribution in [0.1, 0.15) is 103 Å². The number of methoxy groups -OCH3 is 1. The number of rotatable bonds is 4. The third-order valence-electron chi connectivity index (χ3n) is 12.5. The van der Waals surface area contributed by atoms with E-state index in [9.17, 15) is 27.6 Å². The summed E-state index contributed by atoms with van der Waals surface area (Å²) in [5, 5.41) is 5.14. The molecule has 16 heteroatoms. The lowest BCUT2D eigenvalue weighted by Crippen LogP contribution is -2.58. The molecule has 3 aliphatic heterocycles. The zero-order valence-electron chi connectivity index (χ0n) is 32.1. The van der Waals surface area contributed by atoms with Gasteiger partial charge in [0.1, 0.15) is 40.8 Å². The molecule has 1 aromatic heterocycles. The molecule has 15 nitrogen and oxygen atoms in total. The lowest BCUT2D eigenvalue weighted by atomic mass is 10.0. The highest BCUT2D eigenvalue weighted by Gasteiger charge is 2.62. The van der Waals surface area contributed by atoms with E-state index in [2.05, 4.69) is 15.4 Å². The Kier molecular flexibility index (Phi) is 10.4. The molecule has 7 atom stereocenters. The van der Waals surface area contributed by atoms with Crippen molar-refractivity contribution < 1.29 is 41.8 Å². The Balaban J connectivity index is 1.14. The average Bonchev–Trinajstić information content (AvgIpc) is 4.11. The van der Waals surface area contributed by atoms with Crippen molar-refractivity contribution in [1.82, 2.24) is 30.2 Å². The van der Waals surface area contributed by atoms with E-state index in [-0.39, 0.29) is 25.3 Å². The summed E-state index contributed by atoms with van der Waals surface area (Å²) in [5.74, 6) is -1.12. The van der Waals surface area contributed by atoms with Gasteiger partial charge in [0.05, 0.1) is 29.9 Å². The number of hydrogen-bond donors (Lipinski definition) is 3. The van der Waals surface area contributed by atoms with E-state index in [4.69, 9.17) is 24.2 Å². The number of nitrogens with one attached hydrogen (secondary N) is 3. The van der Waals surface area contributed by atoms with E-state index in [0.29, 0.717) is 66.9 Å². The van der Waals surface area contributed by atoms with Gasteiger partial charge in [0, 0.05) is 24.3 Å². The first-order valence-corrected chi connectivity index (χ1v) is 21.8. The third kappa shape index (κ3) is 8.03. The summed E-state index contributed by atoms with van der Waals surface area (Å²) >= 11 is 0. The van der Waals surface area contributed by atoms with E-state index < -0.39 is 74.3 Å². The van der Waals surface area contributed by atoms with Crippen LogP contribution in [-0.2, 0) is 35.6 Å². The van der Waals surface area contributed by atoms with Crippen LogP contribution in [0.2, 0.25) is 0 Å². The van der Waals surface area contributed by atoms with E-state index in [1.54, 1.807) is 13.2 Å². The van der Waals surface area contributed by atoms with Crippen LogP contribution in [0.25, 0.3) is 11.0 Å². The zero-order valence-corrected chi connectivity index (χ0v) is 32.9. The zero-order chi connectivity index (χ0) is 39.2. The Labute approximate surface area is 327 Å². The standard InChI is InChI=1S/C40H52N6O9S/c1-39-21-24(39)11-8-6-10-13-30-35(42-32-19-26(53-2)15-18-29(32)41-30)54-27-20-33-34(47)44-40(37(49)45-56(51,52)28-16-17-28)22-25(40)12-7-4-3-5-9-14-31(43-38(50)55-39)36(48)46(33)23-27/h7,12,15,18-19,24-25,27-28,31,33H,3-6,8-11,13-14,16-17,20-23H2,1-2H3,(H,43,50)(H,44,47)(H,45,49)/b12-7-/t24-,25-,27-,31+,33+,39-,40-/m1/s1. The highest BCUT2D eigenvalue weighted by atomic mass is 32.2. The molecule has 302 valence electrons. The van der Waals surface area contributed by atoms with E-state index in [0.717, 1.165) is 44.9 Å². The van der Waals surface area contributed by atoms with Gasteiger partial charge in [-0.3, -0.25) is 19.1 Å². The van der Waals surface area contributed by atoms with Gasteiger partial charge >= 0.3 is 6.09 Å². The summed E-state index contributed by atoms with van der Waals surface area (Å²) in [5.41, 5.74) is -0.170. The third-order valence-corrected chi connectivity index (χ3v) is 14.3. The highest BCUT2D eigenvalue weighted by Crippen LogP contribution is 2.50. The van der Waals surface area contributed by atoms with Crippen molar-refractivity contribution in [2.45, 2.75) is 138 Å². The van der Waals surface area contributed by atoms with Gasteiger partial charge in [-0.15, -0.1) is 0 Å². The Morgan fingerprint density at radius 2 is 1.80 bits per heavy atom. The smallest absolute Gasteiger partial charge is 0.408 e. The summed E-state index contributed by atoms with van der Waals surface area (Å²) in [6.45, 7) is 1.93. The molecule has 6 aliphatic rings. The molecule has 1 saturated heterocycles. The first-order valence-electron chi connectivity index (χ1n) is 20.2. The van der Waals surface area contributed by atoms with Gasteiger partial charge in [-0.25, -0.2) is 23.2 Å². The number of carbonyl (C=O) groups excluding carboxylic acids is 4. The first kappa shape index (κ1) is 38.4. The molecule has 0 spiro atoms. The number of ether oxygens (including phenoxy) is 3. The molecule has 3 bridgehead atoms. The quantitative estimate of drug-likeness (QED) is 0.379. The minimum absolute atomic E-state index is 0.000206. The highest BCUT2D eigenvalue weighted by molar-refractivity contribution is 7.91. The number of sulfonamides is 1. The second-order valence-electron chi connectivity index (χ2n) is 16.7. The molecule has 2 aromatic rings. The number of benzene rings is 1. The molecule has 3 aliphatic carbocycles. The lowest BCUT2D eigenvalue weighted by Gasteiger charge is -2.30. The van der Waals surface area contributed by atoms with Gasteiger partial charge in [-0.05, 0) is 83.3 Å². The number of fused-ring (bicyclic) bond motifs is 6. The molecule has 8 rings (SSSR count). The maximum Gasteiger partial charge on any atom is 0.408 e. The molecule has 4 heterocycles. The molecule has 4 fully saturated rings. The van der Waals surface area contributed by atoms with Gasteiger partial charge in [-0.2, -0.15) is 0 Å². The van der Waals surface area contributed by atoms with Gasteiger partial charge in [0.15, 0.2) is 0 Å². The van der Waals surface area contributed by atoms with Crippen molar-refractivity contribution in [1.29, 1.82) is 0 Å². The van der Waals surface area contributed by atoms with Crippen molar-refractivity contribution in [2.24, 2.45) is 11.8 Å². The monoisotopic (exact) mass is 792 g/mol. The summed E-state index contributed by atoms with van der Waals surface area (Å²) in [7, 11) is -2.31. The van der Waals surface area contributed by atoms with E-state index in [1.807, 2.05) is 31.2 Å². The number of amides is 4. The fourth-order valence-corrected chi connectivity index (χ4v) is 10.0. The van der Waals surface area contributed by atoms with Gasteiger partial charge in [-0.1, -0.05) is 37.8 Å². The lowest BCUT2D eigenvalue weighted by molar-refractivity contribution is -0.141. The predicted molar refractivity (Wildman–Crippen MR) is 204 cm³/mol. The van der Waals surface area contributed by atoms with Crippen molar-refractivity contribution >= 4 is 44.9 Å². The number of carbonyl (C=O) groups is 4. The summed E-state index contributed by atoms with van der Waals surface area (Å²) in [6, 6.07) is 3.39. The Morgan fingerprint density at radius 1 is 1.00 bits per heavy atom. The molecular weight excluding hydrogens is 741 g/mol. The number of hydrogen-bond acceptors (Lipinski definition) is 11. The van der Waals surface area contributed by atoms with Crippen LogP contribution in [0.5, 0.6) is 11.6 Å². The van der Waals surface area contributed by atoms with Crippen LogP contribution in [0.3, 0.4) is 0 Å². The first-order chi connectivity index (χ1) is 26.9. The van der Waals surface area contributed by atoms with Crippen LogP contribution < -0.4 is 24.8 Å². The molecule has 0 radical (unpaired) electrons. The second-order valence-corrected chi connectivity index (χ2v) is 18.7. The summed E-state index contributed by atoms with van der Waals surface area (Å²) in [4.78, 5) is 67.6. The summed E-state index contributed by atoms with van der Waals surface area (Å²) in [6.07, 6.45) is 12.0. The topological polar surface area (TPSA) is 195 Å².